The third-order valence-electron chi connectivity index (χ3n) is 2.92. The molecular formula is C15H13N3O3. The average molecular weight is 283 g/mol. The van der Waals surface area contributed by atoms with Crippen LogP contribution in [0.2, 0.25) is 0 Å². The molecule has 6 heteroatoms. The zero-order chi connectivity index (χ0) is 14.7. The van der Waals surface area contributed by atoms with Gasteiger partial charge < -0.3 is 14.3 Å². The van der Waals surface area contributed by atoms with Crippen LogP contribution < -0.4 is 5.32 Å². The fourth-order valence-electron chi connectivity index (χ4n) is 1.79. The molecule has 106 valence electrons. The molecule has 3 rings (SSSR count). The third kappa shape index (κ3) is 3.00. The number of carbonyl (C=O) groups is 1. The van der Waals surface area contributed by atoms with E-state index in [-0.39, 0.29) is 12.5 Å². The lowest BCUT2D eigenvalue weighted by molar-refractivity contribution is 0.0949. The van der Waals surface area contributed by atoms with Gasteiger partial charge in [-0.05, 0) is 31.2 Å². The van der Waals surface area contributed by atoms with Gasteiger partial charge in [0.2, 0.25) is 0 Å². The van der Waals surface area contributed by atoms with Crippen molar-refractivity contribution in [1.29, 1.82) is 0 Å². The Balaban J connectivity index is 1.62. The molecule has 1 amide bonds. The Bertz CT molecular complexity index is 730. The molecule has 21 heavy (non-hydrogen) atoms. The quantitative estimate of drug-likeness (QED) is 0.795. The smallest absolute Gasteiger partial charge is 0.293 e. The highest BCUT2D eigenvalue weighted by Crippen LogP contribution is 2.16. The molecule has 1 N–H and O–H groups in total. The molecule has 0 fully saturated rings. The van der Waals surface area contributed by atoms with Gasteiger partial charge >= 0.3 is 0 Å². The minimum absolute atomic E-state index is 0.181. The Kier molecular flexibility index (Phi) is 3.51. The molecule has 0 aliphatic carbocycles. The lowest BCUT2D eigenvalue weighted by Gasteiger charge is -2.02. The largest absolute Gasteiger partial charge is 0.459 e. The highest BCUT2D eigenvalue weighted by molar-refractivity contribution is 5.94. The van der Waals surface area contributed by atoms with Crippen molar-refractivity contribution >= 4 is 5.91 Å². The molecule has 1 aromatic carbocycles. The second kappa shape index (κ2) is 5.62. The first kappa shape index (κ1) is 13.1. The van der Waals surface area contributed by atoms with Crippen LogP contribution in [0.1, 0.15) is 21.7 Å². The van der Waals surface area contributed by atoms with Gasteiger partial charge in [-0.3, -0.25) is 4.79 Å². The number of amides is 1. The van der Waals surface area contributed by atoms with Crippen LogP contribution in [0.3, 0.4) is 0 Å². The Labute approximate surface area is 120 Å². The zero-order valence-corrected chi connectivity index (χ0v) is 11.4. The van der Waals surface area contributed by atoms with Gasteiger partial charge in [0, 0.05) is 5.56 Å². The molecule has 0 aliphatic rings. The van der Waals surface area contributed by atoms with E-state index in [1.54, 1.807) is 24.3 Å². The Morgan fingerprint density at radius 1 is 1.24 bits per heavy atom. The van der Waals surface area contributed by atoms with Crippen LogP contribution in [0.25, 0.3) is 11.7 Å². The minimum Gasteiger partial charge on any atom is -0.459 e. The van der Waals surface area contributed by atoms with E-state index < -0.39 is 0 Å². The lowest BCUT2D eigenvalue weighted by atomic mass is 10.1. The first-order valence-electron chi connectivity index (χ1n) is 6.44. The summed E-state index contributed by atoms with van der Waals surface area (Å²) in [5, 5.41) is 6.53. The Morgan fingerprint density at radius 3 is 2.76 bits per heavy atom. The van der Waals surface area contributed by atoms with E-state index in [0.29, 0.717) is 23.0 Å². The van der Waals surface area contributed by atoms with Gasteiger partial charge in [-0.15, -0.1) is 0 Å². The number of hydrogen-bond acceptors (Lipinski definition) is 5. The molecular weight excluding hydrogens is 270 g/mol. The van der Waals surface area contributed by atoms with E-state index >= 15 is 0 Å². The summed E-state index contributed by atoms with van der Waals surface area (Å²) in [7, 11) is 0. The fourth-order valence-corrected chi connectivity index (χ4v) is 1.79. The summed E-state index contributed by atoms with van der Waals surface area (Å²) in [6.45, 7) is 2.16. The second-order valence-electron chi connectivity index (χ2n) is 4.54. The number of hydrogen-bond donors (Lipinski definition) is 1. The summed E-state index contributed by atoms with van der Waals surface area (Å²) >= 11 is 0. The highest BCUT2D eigenvalue weighted by Gasteiger charge is 2.12. The summed E-state index contributed by atoms with van der Waals surface area (Å²) in [4.78, 5) is 16.1. The van der Waals surface area contributed by atoms with Crippen molar-refractivity contribution in [2.45, 2.75) is 13.5 Å². The molecule has 0 bridgehead atoms. The van der Waals surface area contributed by atoms with Crippen molar-refractivity contribution in [1.82, 2.24) is 15.5 Å². The van der Waals surface area contributed by atoms with Crippen LogP contribution in [0, 0.1) is 6.92 Å². The summed E-state index contributed by atoms with van der Waals surface area (Å²) in [5.74, 6) is 0.999. The first-order chi connectivity index (χ1) is 10.2. The van der Waals surface area contributed by atoms with Gasteiger partial charge in [0.25, 0.3) is 11.8 Å². The van der Waals surface area contributed by atoms with E-state index in [2.05, 4.69) is 15.5 Å². The van der Waals surface area contributed by atoms with E-state index in [1.807, 2.05) is 19.1 Å². The zero-order valence-electron chi connectivity index (χ0n) is 11.4. The number of aromatic nitrogens is 2. The number of aryl methyl sites for hydroxylation is 1. The lowest BCUT2D eigenvalue weighted by Crippen LogP contribution is -2.23. The fraction of sp³-hybridized carbons (Fsp3) is 0.133. The van der Waals surface area contributed by atoms with Gasteiger partial charge in [0.1, 0.15) is 0 Å². The molecule has 0 saturated carbocycles. The molecule has 0 saturated heterocycles. The predicted molar refractivity (Wildman–Crippen MR) is 74.3 cm³/mol. The Morgan fingerprint density at radius 2 is 2.05 bits per heavy atom. The second-order valence-corrected chi connectivity index (χ2v) is 4.54. The topological polar surface area (TPSA) is 81.2 Å². The number of benzene rings is 1. The van der Waals surface area contributed by atoms with E-state index in [1.165, 1.54) is 6.26 Å². The first-order valence-corrected chi connectivity index (χ1v) is 6.44. The number of carbonyl (C=O) groups excluding carboxylic acids is 1. The van der Waals surface area contributed by atoms with Gasteiger partial charge in [-0.2, -0.15) is 4.98 Å². The van der Waals surface area contributed by atoms with Crippen molar-refractivity contribution in [3.8, 4) is 11.7 Å². The minimum atomic E-state index is -0.181. The van der Waals surface area contributed by atoms with Crippen molar-refractivity contribution in [3.05, 3.63) is 59.6 Å². The predicted octanol–water partition coefficient (Wildman–Crippen LogP) is 2.57. The van der Waals surface area contributed by atoms with Crippen molar-refractivity contribution < 1.29 is 13.7 Å². The van der Waals surface area contributed by atoms with E-state index in [0.717, 1.165) is 5.56 Å². The number of rotatable bonds is 4. The molecule has 3 aromatic rings. The summed E-state index contributed by atoms with van der Waals surface area (Å²) in [6, 6.07) is 10.8. The normalized spacial score (nSPS) is 10.5. The van der Waals surface area contributed by atoms with Crippen LogP contribution in [-0.2, 0) is 6.54 Å². The van der Waals surface area contributed by atoms with Crippen molar-refractivity contribution in [2.75, 3.05) is 0 Å². The number of furan rings is 1. The summed E-state index contributed by atoms with van der Waals surface area (Å²) < 4.78 is 10.2. The SMILES string of the molecule is Cc1ccc(C(=O)NCc2noc(-c3ccco3)n2)cc1. The van der Waals surface area contributed by atoms with Crippen LogP contribution in [0.5, 0.6) is 0 Å². The van der Waals surface area contributed by atoms with Crippen LogP contribution in [0.15, 0.2) is 51.6 Å². The molecule has 0 aliphatic heterocycles. The van der Waals surface area contributed by atoms with Gasteiger partial charge in [0.05, 0.1) is 12.8 Å². The van der Waals surface area contributed by atoms with Crippen LogP contribution in [-0.4, -0.2) is 16.0 Å². The van der Waals surface area contributed by atoms with Gasteiger partial charge in [0.15, 0.2) is 11.6 Å². The molecule has 2 heterocycles. The van der Waals surface area contributed by atoms with Crippen LogP contribution in [0.4, 0.5) is 0 Å². The molecule has 0 radical (unpaired) electrons. The third-order valence-corrected chi connectivity index (χ3v) is 2.92. The standard InChI is InChI=1S/C15H13N3O3/c1-10-4-6-11(7-5-10)14(19)16-9-13-17-15(21-18-13)12-3-2-8-20-12/h2-8H,9H2,1H3,(H,16,19). The van der Waals surface area contributed by atoms with Gasteiger partial charge in [-0.1, -0.05) is 22.9 Å². The number of nitrogens with zero attached hydrogens (tertiary/aromatic N) is 2. The van der Waals surface area contributed by atoms with E-state index in [9.17, 15) is 4.79 Å². The van der Waals surface area contributed by atoms with Gasteiger partial charge in [-0.25, -0.2) is 0 Å². The summed E-state index contributed by atoms with van der Waals surface area (Å²) in [5.41, 5.74) is 1.70. The van der Waals surface area contributed by atoms with Crippen molar-refractivity contribution in [2.24, 2.45) is 0 Å². The Hall–Kier alpha value is -2.89. The molecule has 0 unspecified atom stereocenters. The highest BCUT2D eigenvalue weighted by atomic mass is 16.5. The monoisotopic (exact) mass is 283 g/mol. The van der Waals surface area contributed by atoms with E-state index in [4.69, 9.17) is 8.94 Å². The maximum absolute atomic E-state index is 11.9. The molecule has 0 spiro atoms. The summed E-state index contributed by atoms with van der Waals surface area (Å²) in [6.07, 6.45) is 1.53. The molecule has 0 atom stereocenters. The average Bonchev–Trinajstić information content (AvgIpc) is 3.16. The maximum Gasteiger partial charge on any atom is 0.293 e. The molecule has 6 nitrogen and oxygen atoms in total. The maximum atomic E-state index is 11.9. The van der Waals surface area contributed by atoms with Crippen molar-refractivity contribution in [3.63, 3.8) is 0 Å². The number of nitrogens with one attached hydrogen (secondary N) is 1. The molecule has 2 aromatic heterocycles. The van der Waals surface area contributed by atoms with Crippen LogP contribution >= 0.6 is 0 Å².